The zero-order valence-electron chi connectivity index (χ0n) is 36.4. The number of aliphatic hydroxyl groups is 2. The molecule has 0 rings (SSSR count). The Kier molecular flexibility index (Phi) is 44.0. The highest BCUT2D eigenvalue weighted by Gasteiger charge is 2.19. The van der Waals surface area contributed by atoms with Gasteiger partial charge in [0.2, 0.25) is 5.91 Å². The van der Waals surface area contributed by atoms with Crippen molar-refractivity contribution in [1.82, 2.24) is 5.32 Å². The number of unbranched alkanes of at least 4 members (excludes halogenated alkanes) is 15. The van der Waals surface area contributed by atoms with Gasteiger partial charge in [0.15, 0.2) is 0 Å². The van der Waals surface area contributed by atoms with Crippen LogP contribution in [0.15, 0.2) is 109 Å². The molecule has 318 valence electrons. The molecule has 0 aliphatic heterocycles. The molecule has 2 atom stereocenters. The van der Waals surface area contributed by atoms with Crippen molar-refractivity contribution in [2.24, 2.45) is 0 Å². The maximum atomic E-state index is 12.3. The Morgan fingerprint density at radius 1 is 0.446 bits per heavy atom. The number of nitrogens with one attached hydrogen (secondary N) is 1. The van der Waals surface area contributed by atoms with Crippen molar-refractivity contribution < 1.29 is 15.0 Å². The molecular weight excluding hydrogens is 687 g/mol. The van der Waals surface area contributed by atoms with Gasteiger partial charge in [0, 0.05) is 6.42 Å². The highest BCUT2D eigenvalue weighted by atomic mass is 16.3. The second kappa shape index (κ2) is 46.4. The number of hydrogen-bond acceptors (Lipinski definition) is 3. The largest absolute Gasteiger partial charge is 0.394 e. The molecule has 0 heterocycles. The predicted octanol–water partition coefficient (Wildman–Crippen LogP) is 14.8. The van der Waals surface area contributed by atoms with Gasteiger partial charge in [0.05, 0.1) is 18.8 Å². The first-order chi connectivity index (χ1) is 27.7. The number of amides is 1. The van der Waals surface area contributed by atoms with Crippen LogP contribution in [0.25, 0.3) is 0 Å². The molecule has 0 aliphatic rings. The number of rotatable bonds is 40. The molecule has 1 amide bonds. The van der Waals surface area contributed by atoms with Crippen molar-refractivity contribution in [3.8, 4) is 0 Å². The molecule has 0 fully saturated rings. The van der Waals surface area contributed by atoms with Crippen LogP contribution in [-0.4, -0.2) is 34.9 Å². The minimum atomic E-state index is -0.665. The molecule has 4 heteroatoms. The first-order valence-corrected chi connectivity index (χ1v) is 23.1. The summed E-state index contributed by atoms with van der Waals surface area (Å²) in [6.45, 7) is 4.18. The lowest BCUT2D eigenvalue weighted by molar-refractivity contribution is -0.123. The number of carbonyl (C=O) groups excluding carboxylic acids is 1. The van der Waals surface area contributed by atoms with E-state index in [-0.39, 0.29) is 12.5 Å². The van der Waals surface area contributed by atoms with Crippen molar-refractivity contribution in [3.63, 3.8) is 0 Å². The molecular formula is C52H87NO3. The van der Waals surface area contributed by atoms with Crippen molar-refractivity contribution >= 4 is 5.91 Å². The molecule has 4 nitrogen and oxygen atoms in total. The van der Waals surface area contributed by atoms with Gasteiger partial charge >= 0.3 is 0 Å². The van der Waals surface area contributed by atoms with E-state index in [4.69, 9.17) is 0 Å². The van der Waals surface area contributed by atoms with Crippen LogP contribution in [-0.2, 0) is 4.79 Å². The third kappa shape index (κ3) is 42.2. The van der Waals surface area contributed by atoms with E-state index < -0.39 is 12.1 Å². The Labute approximate surface area is 346 Å². The van der Waals surface area contributed by atoms with E-state index in [9.17, 15) is 15.0 Å². The molecule has 0 bridgehead atoms. The van der Waals surface area contributed by atoms with E-state index >= 15 is 0 Å². The smallest absolute Gasteiger partial charge is 0.220 e. The predicted molar refractivity (Wildman–Crippen MR) is 248 cm³/mol. The lowest BCUT2D eigenvalue weighted by Crippen LogP contribution is -2.45. The molecule has 0 aromatic heterocycles. The number of carbonyl (C=O) groups is 1. The van der Waals surface area contributed by atoms with E-state index in [1.807, 2.05) is 0 Å². The van der Waals surface area contributed by atoms with Gasteiger partial charge in [-0.2, -0.15) is 0 Å². The monoisotopic (exact) mass is 774 g/mol. The van der Waals surface area contributed by atoms with Crippen LogP contribution < -0.4 is 5.32 Å². The van der Waals surface area contributed by atoms with Crippen molar-refractivity contribution in [1.29, 1.82) is 0 Å². The number of hydrogen-bond donors (Lipinski definition) is 3. The first kappa shape index (κ1) is 53.0. The third-order valence-electron chi connectivity index (χ3n) is 9.80. The molecule has 0 saturated carbocycles. The summed E-state index contributed by atoms with van der Waals surface area (Å²) in [4.78, 5) is 12.3. The lowest BCUT2D eigenvalue weighted by Gasteiger charge is -2.22. The molecule has 0 saturated heterocycles. The average molecular weight is 774 g/mol. The Hall–Kier alpha value is -2.95. The summed E-state index contributed by atoms with van der Waals surface area (Å²) in [5, 5.41) is 22.9. The summed E-state index contributed by atoms with van der Waals surface area (Å²) >= 11 is 0. The molecule has 0 spiro atoms. The van der Waals surface area contributed by atoms with Gasteiger partial charge in [0.25, 0.3) is 0 Å². The maximum Gasteiger partial charge on any atom is 0.220 e. The summed E-state index contributed by atoms with van der Waals surface area (Å²) < 4.78 is 0. The minimum absolute atomic E-state index is 0.0479. The van der Waals surface area contributed by atoms with Gasteiger partial charge < -0.3 is 15.5 Å². The maximum absolute atomic E-state index is 12.3. The molecule has 2 unspecified atom stereocenters. The second-order valence-electron chi connectivity index (χ2n) is 15.1. The molecule has 0 aliphatic carbocycles. The van der Waals surface area contributed by atoms with Crippen LogP contribution in [0.1, 0.15) is 194 Å². The quantitative estimate of drug-likeness (QED) is 0.0429. The highest BCUT2D eigenvalue weighted by Crippen LogP contribution is 2.14. The Balaban J connectivity index is 3.59. The zero-order valence-corrected chi connectivity index (χ0v) is 36.4. The summed E-state index contributed by atoms with van der Waals surface area (Å²) in [7, 11) is 0. The molecule has 0 radical (unpaired) electrons. The SMILES string of the molecule is CC/C=C\C/C=C\C/C=C\C/C=C\C/C=C\C/C=C\C/C=C\C/C=C\C/C=C\CCCCCCCCCCCC(=O)NC(CO)C(O)CCCCCCCCC. The second-order valence-corrected chi connectivity index (χ2v) is 15.1. The summed E-state index contributed by atoms with van der Waals surface area (Å²) in [6.07, 6.45) is 70.5. The normalized spacial score (nSPS) is 14.0. The van der Waals surface area contributed by atoms with Crippen LogP contribution in [0, 0.1) is 0 Å². The summed E-state index contributed by atoms with van der Waals surface area (Å²) in [5.41, 5.74) is 0. The van der Waals surface area contributed by atoms with Crippen LogP contribution in [0.3, 0.4) is 0 Å². The van der Waals surface area contributed by atoms with Crippen molar-refractivity contribution in [3.05, 3.63) is 109 Å². The van der Waals surface area contributed by atoms with Gasteiger partial charge in [0.1, 0.15) is 0 Å². The van der Waals surface area contributed by atoms with E-state index in [1.54, 1.807) is 0 Å². The third-order valence-corrected chi connectivity index (χ3v) is 9.80. The van der Waals surface area contributed by atoms with Gasteiger partial charge in [-0.3, -0.25) is 4.79 Å². The van der Waals surface area contributed by atoms with Gasteiger partial charge in [-0.1, -0.05) is 213 Å². The standard InChI is InChI=1S/C52H87NO3/c1-3-5-7-9-11-12-13-14-15-16-17-18-19-20-21-22-23-24-25-26-27-28-29-30-31-32-33-34-35-36-37-38-39-40-42-44-46-48-52(56)53-50(49-54)51(55)47-45-43-41-10-8-6-4-2/h5,7,11-12,14-15,17-18,20-21,23-24,26-27,29-30,32-33,50-51,54-55H,3-4,6,8-10,13,16,19,22,25,28,31,34-49H2,1-2H3,(H,53,56)/b7-5-,12-11-,15-14-,18-17-,21-20-,24-23-,27-26-,30-29-,33-32-. The van der Waals surface area contributed by atoms with Crippen LogP contribution in [0.5, 0.6) is 0 Å². The molecule has 0 aromatic rings. The van der Waals surface area contributed by atoms with Crippen molar-refractivity contribution in [2.45, 2.75) is 206 Å². The molecule has 3 N–H and O–H groups in total. The molecule has 0 aromatic carbocycles. The summed E-state index contributed by atoms with van der Waals surface area (Å²) in [6, 6.07) is -0.543. The van der Waals surface area contributed by atoms with Gasteiger partial charge in [-0.15, -0.1) is 0 Å². The van der Waals surface area contributed by atoms with Gasteiger partial charge in [-0.25, -0.2) is 0 Å². The highest BCUT2D eigenvalue weighted by molar-refractivity contribution is 5.76. The van der Waals surface area contributed by atoms with E-state index in [0.717, 1.165) is 83.5 Å². The minimum Gasteiger partial charge on any atom is -0.394 e. The van der Waals surface area contributed by atoms with Crippen LogP contribution in [0.4, 0.5) is 0 Å². The first-order valence-electron chi connectivity index (χ1n) is 23.1. The zero-order chi connectivity index (χ0) is 40.7. The fourth-order valence-electron chi connectivity index (χ4n) is 6.29. The van der Waals surface area contributed by atoms with E-state index in [1.165, 1.54) is 83.5 Å². The summed E-state index contributed by atoms with van der Waals surface area (Å²) in [5.74, 6) is -0.0479. The van der Waals surface area contributed by atoms with E-state index in [2.05, 4.69) is 129 Å². The Bertz CT molecular complexity index is 1110. The Morgan fingerprint density at radius 3 is 1.18 bits per heavy atom. The van der Waals surface area contributed by atoms with Crippen LogP contribution in [0.2, 0.25) is 0 Å². The van der Waals surface area contributed by atoms with Crippen molar-refractivity contribution in [2.75, 3.05) is 6.61 Å². The van der Waals surface area contributed by atoms with Crippen LogP contribution >= 0.6 is 0 Å². The number of aliphatic hydroxyl groups excluding tert-OH is 2. The van der Waals surface area contributed by atoms with E-state index in [0.29, 0.717) is 12.8 Å². The molecule has 56 heavy (non-hydrogen) atoms. The fourth-order valence-corrected chi connectivity index (χ4v) is 6.29. The Morgan fingerprint density at radius 2 is 0.786 bits per heavy atom. The topological polar surface area (TPSA) is 69.6 Å². The number of allylic oxidation sites excluding steroid dienone is 18. The van der Waals surface area contributed by atoms with Gasteiger partial charge in [-0.05, 0) is 83.5 Å². The lowest BCUT2D eigenvalue weighted by atomic mass is 10.0. The fraction of sp³-hybridized carbons (Fsp3) is 0.635. The average Bonchev–Trinajstić information content (AvgIpc) is 3.20.